The molecule has 2 amide bonds. The first-order valence-electron chi connectivity index (χ1n) is 13.2. The molecule has 7 heteroatoms. The van der Waals surface area contributed by atoms with Gasteiger partial charge in [-0.2, -0.15) is 0 Å². The van der Waals surface area contributed by atoms with Crippen LogP contribution in [0.1, 0.15) is 45.7 Å². The minimum Gasteiger partial charge on any atom is -0.389 e. The number of amides is 2. The predicted molar refractivity (Wildman–Crippen MR) is 144 cm³/mol. The van der Waals surface area contributed by atoms with E-state index in [1.807, 2.05) is 54.6 Å². The quantitative estimate of drug-likeness (QED) is 0.428. The minimum atomic E-state index is -0.546. The van der Waals surface area contributed by atoms with Gasteiger partial charge in [-0.3, -0.25) is 24.3 Å². The molecule has 1 saturated heterocycles. The topological polar surface area (TPSA) is 73.3 Å². The van der Waals surface area contributed by atoms with Crippen LogP contribution in [0.2, 0.25) is 0 Å². The number of β-amino-alcohol motifs (C(OH)–C–C–N with tert-alkyl or cyclic N) is 1. The third kappa shape index (κ3) is 5.60. The molecular weight excluding hydrogens is 466 g/mol. The number of rotatable bonds is 10. The van der Waals surface area contributed by atoms with Gasteiger partial charge in [0.2, 0.25) is 0 Å². The predicted octanol–water partition coefficient (Wildman–Crippen LogP) is 3.58. The summed E-state index contributed by atoms with van der Waals surface area (Å²) in [6, 6.07) is 21.4. The second-order valence-electron chi connectivity index (χ2n) is 9.91. The van der Waals surface area contributed by atoms with Crippen LogP contribution in [-0.2, 0) is 4.74 Å². The van der Waals surface area contributed by atoms with E-state index < -0.39 is 6.10 Å². The van der Waals surface area contributed by atoms with Gasteiger partial charge in [0.05, 0.1) is 18.8 Å². The number of ether oxygens (including phenoxy) is 1. The maximum absolute atomic E-state index is 13.1. The maximum Gasteiger partial charge on any atom is 0.261 e. The van der Waals surface area contributed by atoms with Crippen molar-refractivity contribution in [3.05, 3.63) is 83.4 Å². The summed E-state index contributed by atoms with van der Waals surface area (Å²) >= 11 is 0. The molecule has 0 aromatic heterocycles. The molecule has 1 fully saturated rings. The van der Waals surface area contributed by atoms with E-state index in [-0.39, 0.29) is 17.9 Å². The van der Waals surface area contributed by atoms with Crippen LogP contribution in [0.4, 0.5) is 0 Å². The Balaban J connectivity index is 1.08. The molecule has 0 spiro atoms. The molecule has 0 aliphatic carbocycles. The highest BCUT2D eigenvalue weighted by molar-refractivity contribution is 6.25. The second-order valence-corrected chi connectivity index (χ2v) is 9.91. The fraction of sp³-hybridized carbons (Fsp3) is 0.400. The van der Waals surface area contributed by atoms with Crippen LogP contribution in [0.3, 0.4) is 0 Å². The molecule has 194 valence electrons. The van der Waals surface area contributed by atoms with Crippen molar-refractivity contribution in [2.24, 2.45) is 0 Å². The molecule has 2 atom stereocenters. The van der Waals surface area contributed by atoms with Crippen molar-refractivity contribution < 1.29 is 19.4 Å². The third-order valence-electron chi connectivity index (χ3n) is 7.46. The Morgan fingerprint density at radius 2 is 1.43 bits per heavy atom. The summed E-state index contributed by atoms with van der Waals surface area (Å²) in [5, 5.41) is 12.3. The lowest BCUT2D eigenvalue weighted by Gasteiger charge is -2.37. The number of piperazine rings is 1. The van der Waals surface area contributed by atoms with Crippen molar-refractivity contribution in [2.45, 2.75) is 25.6 Å². The monoisotopic (exact) mass is 501 g/mol. The summed E-state index contributed by atoms with van der Waals surface area (Å²) in [6.45, 7) is 7.31. The van der Waals surface area contributed by atoms with Crippen LogP contribution < -0.4 is 0 Å². The summed E-state index contributed by atoms with van der Waals surface area (Å²) in [5.74, 6) is -0.422. The Kier molecular flexibility index (Phi) is 7.96. The average Bonchev–Trinajstić information content (AvgIpc) is 2.93. The number of aliphatic hydroxyl groups is 1. The number of carbonyl (C=O) groups excluding carboxylic acids is 2. The van der Waals surface area contributed by atoms with Crippen LogP contribution in [0.5, 0.6) is 0 Å². The molecule has 2 heterocycles. The highest BCUT2D eigenvalue weighted by atomic mass is 16.5. The fourth-order valence-electron chi connectivity index (χ4n) is 5.42. The Morgan fingerprint density at radius 3 is 2.05 bits per heavy atom. The number of hydrogen-bond acceptors (Lipinski definition) is 6. The number of nitrogens with zero attached hydrogens (tertiary/aromatic N) is 3. The van der Waals surface area contributed by atoms with E-state index in [1.54, 1.807) is 0 Å². The Labute approximate surface area is 218 Å². The summed E-state index contributed by atoms with van der Waals surface area (Å²) in [6.07, 6.45) is 0.306. The molecule has 2 aliphatic rings. The van der Waals surface area contributed by atoms with Crippen molar-refractivity contribution in [2.75, 3.05) is 52.4 Å². The molecule has 3 aromatic carbocycles. The summed E-state index contributed by atoms with van der Waals surface area (Å²) in [5.41, 5.74) is 2.34. The molecule has 0 bridgehead atoms. The van der Waals surface area contributed by atoms with Gasteiger partial charge in [-0.15, -0.1) is 0 Å². The van der Waals surface area contributed by atoms with Gasteiger partial charge in [0.25, 0.3) is 11.8 Å². The number of imide groups is 1. The van der Waals surface area contributed by atoms with Crippen molar-refractivity contribution in [3.8, 4) is 0 Å². The first-order valence-corrected chi connectivity index (χ1v) is 13.2. The van der Waals surface area contributed by atoms with E-state index in [2.05, 4.69) is 28.9 Å². The van der Waals surface area contributed by atoms with Gasteiger partial charge in [0, 0.05) is 62.3 Å². The highest BCUT2D eigenvalue weighted by Crippen LogP contribution is 2.30. The molecule has 0 saturated carbocycles. The Bertz CT molecular complexity index is 1190. The van der Waals surface area contributed by atoms with Crippen molar-refractivity contribution in [1.82, 2.24) is 14.7 Å². The van der Waals surface area contributed by atoms with Crippen LogP contribution in [0.25, 0.3) is 10.8 Å². The lowest BCUT2D eigenvalue weighted by molar-refractivity contribution is -0.0282. The van der Waals surface area contributed by atoms with Crippen LogP contribution in [0.15, 0.2) is 66.7 Å². The van der Waals surface area contributed by atoms with Crippen molar-refractivity contribution in [1.29, 1.82) is 0 Å². The highest BCUT2D eigenvalue weighted by Gasteiger charge is 2.33. The zero-order chi connectivity index (χ0) is 25.8. The fourth-order valence-corrected chi connectivity index (χ4v) is 5.42. The van der Waals surface area contributed by atoms with Crippen molar-refractivity contribution in [3.63, 3.8) is 0 Å². The number of carbonyl (C=O) groups is 2. The molecule has 0 radical (unpaired) electrons. The minimum absolute atomic E-state index is 0.00754. The van der Waals surface area contributed by atoms with E-state index in [0.29, 0.717) is 37.4 Å². The van der Waals surface area contributed by atoms with Gasteiger partial charge < -0.3 is 9.84 Å². The Hall–Kier alpha value is -3.10. The lowest BCUT2D eigenvalue weighted by Crippen LogP contribution is -2.51. The normalized spacial score (nSPS) is 18.4. The molecule has 37 heavy (non-hydrogen) atoms. The van der Waals surface area contributed by atoms with Crippen LogP contribution in [-0.4, -0.2) is 90.1 Å². The van der Waals surface area contributed by atoms with Gasteiger partial charge in [0.1, 0.15) is 0 Å². The van der Waals surface area contributed by atoms with Crippen LogP contribution >= 0.6 is 0 Å². The summed E-state index contributed by atoms with van der Waals surface area (Å²) < 4.78 is 6.02. The number of aliphatic hydroxyl groups excluding tert-OH is 1. The van der Waals surface area contributed by atoms with E-state index in [4.69, 9.17) is 4.74 Å². The molecule has 3 aromatic rings. The van der Waals surface area contributed by atoms with Gasteiger partial charge in [-0.1, -0.05) is 61.5 Å². The summed E-state index contributed by atoms with van der Waals surface area (Å²) in [4.78, 5) is 32.2. The van der Waals surface area contributed by atoms with E-state index >= 15 is 0 Å². The molecular formula is C30H35N3O4. The van der Waals surface area contributed by atoms with E-state index in [1.165, 1.54) is 4.90 Å². The van der Waals surface area contributed by atoms with Gasteiger partial charge in [0.15, 0.2) is 0 Å². The van der Waals surface area contributed by atoms with Crippen LogP contribution in [0, 0.1) is 0 Å². The zero-order valence-electron chi connectivity index (χ0n) is 21.4. The maximum atomic E-state index is 13.1. The lowest BCUT2D eigenvalue weighted by atomic mass is 9.94. The molecule has 1 N–H and O–H groups in total. The van der Waals surface area contributed by atoms with Crippen molar-refractivity contribution >= 4 is 22.6 Å². The van der Waals surface area contributed by atoms with Gasteiger partial charge in [-0.05, 0) is 29.5 Å². The SMILES string of the molecule is CCC(OCC(O)CN1CCN(CCN2C(=O)c3cccc4cccc(c34)C2=O)CC1)c1ccccc1. The molecule has 2 aliphatic heterocycles. The smallest absolute Gasteiger partial charge is 0.261 e. The first-order chi connectivity index (χ1) is 18.0. The van der Waals surface area contributed by atoms with Gasteiger partial charge >= 0.3 is 0 Å². The summed E-state index contributed by atoms with van der Waals surface area (Å²) in [7, 11) is 0. The molecule has 5 rings (SSSR count). The average molecular weight is 502 g/mol. The third-order valence-corrected chi connectivity index (χ3v) is 7.46. The number of hydrogen-bond donors (Lipinski definition) is 1. The zero-order valence-corrected chi connectivity index (χ0v) is 21.4. The van der Waals surface area contributed by atoms with E-state index in [9.17, 15) is 14.7 Å². The second kappa shape index (κ2) is 11.5. The number of benzene rings is 3. The first kappa shape index (κ1) is 25.5. The Morgan fingerprint density at radius 1 is 0.811 bits per heavy atom. The largest absolute Gasteiger partial charge is 0.389 e. The molecule has 2 unspecified atom stereocenters. The molecule has 7 nitrogen and oxygen atoms in total. The standard InChI is InChI=1S/C30H35N3O4/c1-2-27(22-8-4-3-5-9-22)37-21-24(34)20-32-16-14-31(15-17-32)18-19-33-29(35)25-12-6-10-23-11-7-13-26(28(23)25)30(33)36/h3-13,24,27,34H,2,14-21H2,1H3. The van der Waals surface area contributed by atoms with E-state index in [0.717, 1.165) is 48.9 Å². The van der Waals surface area contributed by atoms with Gasteiger partial charge in [-0.25, -0.2) is 0 Å².